The zero-order valence-electron chi connectivity index (χ0n) is 8.57. The van der Waals surface area contributed by atoms with E-state index in [0.717, 1.165) is 11.8 Å². The van der Waals surface area contributed by atoms with E-state index in [2.05, 4.69) is 15.5 Å². The van der Waals surface area contributed by atoms with Gasteiger partial charge in [-0.05, 0) is 6.92 Å². The van der Waals surface area contributed by atoms with E-state index in [1.165, 1.54) is 0 Å². The van der Waals surface area contributed by atoms with Crippen molar-refractivity contribution < 1.29 is 0 Å². The molecule has 0 aromatic carbocycles. The number of rotatable bonds is 3. The van der Waals surface area contributed by atoms with Crippen LogP contribution in [0.4, 0.5) is 5.95 Å². The van der Waals surface area contributed by atoms with Crippen LogP contribution in [-0.2, 0) is 7.05 Å². The molecule has 13 heavy (non-hydrogen) atoms. The van der Waals surface area contributed by atoms with Crippen molar-refractivity contribution in [3.05, 3.63) is 5.82 Å². The zero-order chi connectivity index (χ0) is 10.0. The van der Waals surface area contributed by atoms with Crippen LogP contribution in [0.1, 0.15) is 25.6 Å². The highest BCUT2D eigenvalue weighted by molar-refractivity contribution is 5.25. The minimum absolute atomic E-state index is 0.0904. The maximum atomic E-state index is 5.79. The van der Waals surface area contributed by atoms with Gasteiger partial charge in [-0.15, -0.1) is 10.2 Å². The first-order valence-corrected chi connectivity index (χ1v) is 4.40. The van der Waals surface area contributed by atoms with Crippen molar-refractivity contribution in [1.82, 2.24) is 14.8 Å². The molecule has 5 nitrogen and oxygen atoms in total. The summed E-state index contributed by atoms with van der Waals surface area (Å²) in [5.74, 6) is 1.90. The Morgan fingerprint density at radius 1 is 1.38 bits per heavy atom. The Balaban J connectivity index is 2.95. The number of anilines is 1. The van der Waals surface area contributed by atoms with Crippen molar-refractivity contribution >= 4 is 5.95 Å². The third-order valence-corrected chi connectivity index (χ3v) is 2.33. The topological polar surface area (TPSA) is 68.8 Å². The fourth-order valence-electron chi connectivity index (χ4n) is 1.19. The Morgan fingerprint density at radius 2 is 2.00 bits per heavy atom. The summed E-state index contributed by atoms with van der Waals surface area (Å²) in [5.41, 5.74) is 5.79. The summed E-state index contributed by atoms with van der Waals surface area (Å²) in [5, 5.41) is 11.0. The van der Waals surface area contributed by atoms with Gasteiger partial charge >= 0.3 is 0 Å². The number of nitrogens with one attached hydrogen (secondary N) is 1. The molecule has 2 unspecified atom stereocenters. The van der Waals surface area contributed by atoms with Crippen LogP contribution in [0.3, 0.4) is 0 Å². The van der Waals surface area contributed by atoms with E-state index in [9.17, 15) is 0 Å². The first kappa shape index (κ1) is 9.98. The normalized spacial score (nSPS) is 15.5. The number of hydrogen-bond acceptors (Lipinski definition) is 4. The number of nitrogens with two attached hydrogens (primary N) is 1. The van der Waals surface area contributed by atoms with E-state index in [1.807, 2.05) is 32.5 Å². The average Bonchev–Trinajstić information content (AvgIpc) is 2.45. The third-order valence-electron chi connectivity index (χ3n) is 2.33. The largest absolute Gasteiger partial charge is 0.357 e. The van der Waals surface area contributed by atoms with E-state index in [0.29, 0.717) is 0 Å². The highest BCUT2D eigenvalue weighted by Gasteiger charge is 2.17. The molecular formula is C8H17N5. The molecular weight excluding hydrogens is 166 g/mol. The van der Waals surface area contributed by atoms with Gasteiger partial charge in [-0.2, -0.15) is 0 Å². The van der Waals surface area contributed by atoms with Crippen LogP contribution in [0.5, 0.6) is 0 Å². The Bertz CT molecular complexity index is 278. The van der Waals surface area contributed by atoms with E-state index in [4.69, 9.17) is 5.73 Å². The van der Waals surface area contributed by atoms with Gasteiger partial charge in [0.15, 0.2) is 0 Å². The SMILES string of the molecule is CNc1nnc(C(C)C(C)N)n1C. The molecule has 0 aliphatic carbocycles. The Kier molecular flexibility index (Phi) is 2.87. The van der Waals surface area contributed by atoms with Crippen molar-refractivity contribution in [3.63, 3.8) is 0 Å². The summed E-state index contributed by atoms with van der Waals surface area (Å²) in [6.45, 7) is 4.02. The number of nitrogens with zero attached hydrogens (tertiary/aromatic N) is 3. The lowest BCUT2D eigenvalue weighted by atomic mass is 10.0. The first-order valence-electron chi connectivity index (χ1n) is 4.40. The fourth-order valence-corrected chi connectivity index (χ4v) is 1.19. The van der Waals surface area contributed by atoms with Crippen molar-refractivity contribution in [3.8, 4) is 0 Å². The monoisotopic (exact) mass is 183 g/mol. The van der Waals surface area contributed by atoms with Gasteiger partial charge in [-0.25, -0.2) is 0 Å². The van der Waals surface area contributed by atoms with E-state index in [1.54, 1.807) is 0 Å². The van der Waals surface area contributed by atoms with Gasteiger partial charge in [0.05, 0.1) is 0 Å². The molecule has 74 valence electrons. The van der Waals surface area contributed by atoms with Crippen molar-refractivity contribution in [1.29, 1.82) is 0 Å². The van der Waals surface area contributed by atoms with Crippen LogP contribution in [0, 0.1) is 0 Å². The summed E-state index contributed by atoms with van der Waals surface area (Å²) in [4.78, 5) is 0. The molecule has 1 aromatic rings. The lowest BCUT2D eigenvalue weighted by Crippen LogP contribution is -2.24. The summed E-state index contributed by atoms with van der Waals surface area (Å²) >= 11 is 0. The molecule has 5 heteroatoms. The van der Waals surface area contributed by atoms with Gasteiger partial charge in [-0.3, -0.25) is 0 Å². The smallest absolute Gasteiger partial charge is 0.224 e. The highest BCUT2D eigenvalue weighted by Crippen LogP contribution is 2.17. The molecule has 1 rings (SSSR count). The van der Waals surface area contributed by atoms with Crippen LogP contribution in [0.15, 0.2) is 0 Å². The summed E-state index contributed by atoms with van der Waals surface area (Å²) in [6, 6.07) is 0.0904. The van der Waals surface area contributed by atoms with Gasteiger partial charge in [-0.1, -0.05) is 6.92 Å². The Morgan fingerprint density at radius 3 is 2.38 bits per heavy atom. The maximum absolute atomic E-state index is 5.79. The minimum Gasteiger partial charge on any atom is -0.357 e. The number of hydrogen-bond donors (Lipinski definition) is 2. The van der Waals surface area contributed by atoms with Crippen molar-refractivity contribution in [2.24, 2.45) is 12.8 Å². The van der Waals surface area contributed by atoms with Gasteiger partial charge in [0.2, 0.25) is 5.95 Å². The molecule has 1 aromatic heterocycles. The quantitative estimate of drug-likeness (QED) is 0.707. The van der Waals surface area contributed by atoms with Crippen LogP contribution in [-0.4, -0.2) is 27.9 Å². The first-order chi connectivity index (χ1) is 6.07. The summed E-state index contributed by atoms with van der Waals surface area (Å²) in [7, 11) is 3.75. The Hall–Kier alpha value is -1.10. The average molecular weight is 183 g/mol. The van der Waals surface area contributed by atoms with Crippen LogP contribution >= 0.6 is 0 Å². The second kappa shape index (κ2) is 3.74. The summed E-state index contributed by atoms with van der Waals surface area (Å²) in [6.07, 6.45) is 0. The molecule has 0 bridgehead atoms. The van der Waals surface area contributed by atoms with E-state index < -0.39 is 0 Å². The molecule has 0 saturated heterocycles. The van der Waals surface area contributed by atoms with Crippen molar-refractivity contribution in [2.75, 3.05) is 12.4 Å². The lowest BCUT2D eigenvalue weighted by molar-refractivity contribution is 0.561. The molecule has 0 spiro atoms. The Labute approximate surface area is 78.3 Å². The fraction of sp³-hybridized carbons (Fsp3) is 0.750. The number of aromatic nitrogens is 3. The standard InChI is InChI=1S/C8H17N5/c1-5(6(2)9)7-11-12-8(10-3)13(7)4/h5-6H,9H2,1-4H3,(H,10,12). The van der Waals surface area contributed by atoms with Gasteiger partial charge in [0.25, 0.3) is 0 Å². The predicted molar refractivity (Wildman–Crippen MR) is 52.6 cm³/mol. The highest BCUT2D eigenvalue weighted by atomic mass is 15.3. The lowest BCUT2D eigenvalue weighted by Gasteiger charge is -2.14. The van der Waals surface area contributed by atoms with Crippen LogP contribution in [0.2, 0.25) is 0 Å². The molecule has 0 amide bonds. The van der Waals surface area contributed by atoms with E-state index >= 15 is 0 Å². The molecule has 0 radical (unpaired) electrons. The van der Waals surface area contributed by atoms with Gasteiger partial charge in [0, 0.05) is 26.1 Å². The van der Waals surface area contributed by atoms with Gasteiger partial charge in [0.1, 0.15) is 5.82 Å². The van der Waals surface area contributed by atoms with Crippen molar-refractivity contribution in [2.45, 2.75) is 25.8 Å². The molecule has 0 aliphatic rings. The molecule has 3 N–H and O–H groups in total. The minimum atomic E-state index is 0.0904. The summed E-state index contributed by atoms with van der Waals surface area (Å²) < 4.78 is 1.92. The molecule has 0 fully saturated rings. The molecule has 1 heterocycles. The van der Waals surface area contributed by atoms with Crippen LogP contribution < -0.4 is 11.1 Å². The van der Waals surface area contributed by atoms with Gasteiger partial charge < -0.3 is 15.6 Å². The molecule has 0 aliphatic heterocycles. The molecule has 2 atom stereocenters. The second-order valence-electron chi connectivity index (χ2n) is 3.34. The maximum Gasteiger partial charge on any atom is 0.224 e. The molecule has 0 saturated carbocycles. The van der Waals surface area contributed by atoms with Crippen LogP contribution in [0.25, 0.3) is 0 Å². The third kappa shape index (κ3) is 1.80. The predicted octanol–water partition coefficient (Wildman–Crippen LogP) is 0.307. The van der Waals surface area contributed by atoms with E-state index in [-0.39, 0.29) is 12.0 Å². The zero-order valence-corrected chi connectivity index (χ0v) is 8.57. The second-order valence-corrected chi connectivity index (χ2v) is 3.34.